The molecule has 0 aromatic heterocycles. The Morgan fingerprint density at radius 1 is 1.00 bits per heavy atom. The van der Waals surface area contributed by atoms with E-state index in [0.717, 1.165) is 30.3 Å². The van der Waals surface area contributed by atoms with Crippen LogP contribution in [0.15, 0.2) is 36.4 Å². The van der Waals surface area contributed by atoms with Crippen molar-refractivity contribution in [2.24, 2.45) is 0 Å². The molecule has 1 N–H and O–H groups in total. The highest BCUT2D eigenvalue weighted by atomic mass is 19.1. The van der Waals surface area contributed by atoms with Crippen molar-refractivity contribution in [3.05, 3.63) is 65.0 Å². The highest BCUT2D eigenvalue weighted by molar-refractivity contribution is 5.90. The second-order valence-electron chi connectivity index (χ2n) is 4.01. The van der Waals surface area contributed by atoms with Gasteiger partial charge in [-0.15, -0.1) is 0 Å². The molecule has 104 valence electrons. The number of halogens is 3. The highest BCUT2D eigenvalue weighted by Crippen LogP contribution is 2.21. The first-order chi connectivity index (χ1) is 9.45. The molecule has 0 saturated heterocycles. The van der Waals surface area contributed by atoms with Crippen LogP contribution in [0.4, 0.5) is 13.2 Å². The van der Waals surface area contributed by atoms with Gasteiger partial charge in [-0.25, -0.2) is 18.0 Å². The van der Waals surface area contributed by atoms with Crippen molar-refractivity contribution in [1.29, 1.82) is 0 Å². The maximum atomic E-state index is 13.0. The number of carboxylic acid groups (broad SMARTS) is 1. The fraction of sp³-hybridized carbons (Fsp3) is 0.0714. The molecule has 0 amide bonds. The van der Waals surface area contributed by atoms with Gasteiger partial charge in [-0.3, -0.25) is 0 Å². The summed E-state index contributed by atoms with van der Waals surface area (Å²) in [5.41, 5.74) is -0.162. The van der Waals surface area contributed by atoms with E-state index in [9.17, 15) is 18.0 Å². The average molecular weight is 282 g/mol. The number of hydrogen-bond donors (Lipinski definition) is 1. The van der Waals surface area contributed by atoms with Gasteiger partial charge < -0.3 is 9.84 Å². The van der Waals surface area contributed by atoms with Crippen molar-refractivity contribution in [2.75, 3.05) is 0 Å². The minimum atomic E-state index is -1.36. The largest absolute Gasteiger partial charge is 0.488 e. The van der Waals surface area contributed by atoms with Crippen LogP contribution in [0.1, 0.15) is 15.9 Å². The molecule has 0 radical (unpaired) electrons. The third-order valence-corrected chi connectivity index (χ3v) is 2.49. The Morgan fingerprint density at radius 3 is 2.25 bits per heavy atom. The van der Waals surface area contributed by atoms with Gasteiger partial charge in [-0.05, 0) is 35.9 Å². The van der Waals surface area contributed by atoms with Gasteiger partial charge in [-0.2, -0.15) is 0 Å². The van der Waals surface area contributed by atoms with Crippen LogP contribution in [-0.4, -0.2) is 11.1 Å². The number of hydrogen-bond acceptors (Lipinski definition) is 2. The summed E-state index contributed by atoms with van der Waals surface area (Å²) >= 11 is 0. The van der Waals surface area contributed by atoms with E-state index in [0.29, 0.717) is 6.07 Å². The Labute approximate surface area is 112 Å². The predicted octanol–water partition coefficient (Wildman–Crippen LogP) is 3.38. The summed E-state index contributed by atoms with van der Waals surface area (Å²) in [6.45, 7) is -0.236. The number of carbonyl (C=O) groups is 1. The number of rotatable bonds is 4. The minimum Gasteiger partial charge on any atom is -0.488 e. The van der Waals surface area contributed by atoms with E-state index >= 15 is 0 Å². The fourth-order valence-corrected chi connectivity index (χ4v) is 1.65. The van der Waals surface area contributed by atoms with E-state index in [-0.39, 0.29) is 23.5 Å². The van der Waals surface area contributed by atoms with Gasteiger partial charge in [0.2, 0.25) is 0 Å². The topological polar surface area (TPSA) is 46.5 Å². The third kappa shape index (κ3) is 3.28. The summed E-state index contributed by atoms with van der Waals surface area (Å²) in [7, 11) is 0. The Bertz CT molecular complexity index is 636. The molecule has 0 unspecified atom stereocenters. The lowest BCUT2D eigenvalue weighted by Crippen LogP contribution is -2.04. The zero-order valence-corrected chi connectivity index (χ0v) is 10.1. The van der Waals surface area contributed by atoms with Crippen LogP contribution >= 0.6 is 0 Å². The molecule has 0 fully saturated rings. The molecule has 0 saturated carbocycles. The van der Waals surface area contributed by atoms with Crippen molar-refractivity contribution >= 4 is 5.97 Å². The molecule has 0 atom stereocenters. The van der Waals surface area contributed by atoms with Gasteiger partial charge in [0, 0.05) is 6.07 Å². The molecule has 6 heteroatoms. The lowest BCUT2D eigenvalue weighted by Gasteiger charge is -2.09. The molecule has 0 aliphatic heterocycles. The third-order valence-electron chi connectivity index (χ3n) is 2.49. The Hall–Kier alpha value is -2.50. The van der Waals surface area contributed by atoms with Gasteiger partial charge in [0.15, 0.2) is 0 Å². The van der Waals surface area contributed by atoms with Gasteiger partial charge in [0.1, 0.15) is 35.4 Å². The summed E-state index contributed by atoms with van der Waals surface area (Å²) in [6.07, 6.45) is 0. The molecular formula is C14H9F3O3. The monoisotopic (exact) mass is 282 g/mol. The number of ether oxygens (including phenoxy) is 1. The van der Waals surface area contributed by atoms with Crippen LogP contribution in [0.3, 0.4) is 0 Å². The van der Waals surface area contributed by atoms with Crippen molar-refractivity contribution in [3.63, 3.8) is 0 Å². The highest BCUT2D eigenvalue weighted by Gasteiger charge is 2.13. The fourth-order valence-electron chi connectivity index (χ4n) is 1.65. The first-order valence-corrected chi connectivity index (χ1v) is 5.56. The van der Waals surface area contributed by atoms with E-state index in [1.807, 2.05) is 0 Å². The molecule has 2 aromatic carbocycles. The lowest BCUT2D eigenvalue weighted by molar-refractivity contribution is 0.0691. The van der Waals surface area contributed by atoms with Crippen LogP contribution in [0.5, 0.6) is 5.75 Å². The van der Waals surface area contributed by atoms with Crippen molar-refractivity contribution in [2.45, 2.75) is 6.61 Å². The SMILES string of the molecule is O=C(O)c1cc(F)ccc1OCc1cc(F)cc(F)c1. The van der Waals surface area contributed by atoms with Crippen molar-refractivity contribution in [1.82, 2.24) is 0 Å². The predicted molar refractivity (Wildman–Crippen MR) is 64.0 cm³/mol. The molecule has 3 nitrogen and oxygen atoms in total. The van der Waals surface area contributed by atoms with E-state index in [2.05, 4.69) is 0 Å². The summed E-state index contributed by atoms with van der Waals surface area (Å²) < 4.78 is 44.1. The first kappa shape index (κ1) is 13.9. The number of benzene rings is 2. The minimum absolute atomic E-state index is 0.0800. The van der Waals surface area contributed by atoms with Crippen LogP contribution < -0.4 is 4.74 Å². The first-order valence-electron chi connectivity index (χ1n) is 5.56. The van der Waals surface area contributed by atoms with Crippen molar-refractivity contribution in [3.8, 4) is 5.75 Å². The smallest absolute Gasteiger partial charge is 0.339 e. The normalized spacial score (nSPS) is 10.3. The molecular weight excluding hydrogens is 273 g/mol. The molecule has 2 rings (SSSR count). The van der Waals surface area contributed by atoms with Crippen LogP contribution in [0.2, 0.25) is 0 Å². The summed E-state index contributed by atoms with van der Waals surface area (Å²) in [4.78, 5) is 10.9. The summed E-state index contributed by atoms with van der Waals surface area (Å²) in [5, 5.41) is 8.91. The van der Waals surface area contributed by atoms with Gasteiger partial charge >= 0.3 is 5.97 Å². The second kappa shape index (κ2) is 5.64. The van der Waals surface area contributed by atoms with Crippen LogP contribution in [-0.2, 0) is 6.61 Å². The zero-order chi connectivity index (χ0) is 14.7. The molecule has 2 aromatic rings. The Balaban J connectivity index is 2.20. The maximum Gasteiger partial charge on any atom is 0.339 e. The average Bonchev–Trinajstić information content (AvgIpc) is 2.36. The molecule has 0 heterocycles. The van der Waals surface area contributed by atoms with Crippen LogP contribution in [0.25, 0.3) is 0 Å². The second-order valence-corrected chi connectivity index (χ2v) is 4.01. The van der Waals surface area contributed by atoms with E-state index < -0.39 is 23.4 Å². The Morgan fingerprint density at radius 2 is 1.65 bits per heavy atom. The van der Waals surface area contributed by atoms with Gasteiger partial charge in [-0.1, -0.05) is 0 Å². The van der Waals surface area contributed by atoms with E-state index in [1.165, 1.54) is 0 Å². The standard InChI is InChI=1S/C14H9F3O3/c15-9-1-2-13(12(6-9)14(18)19)20-7-8-3-10(16)5-11(17)4-8/h1-6H,7H2,(H,18,19). The zero-order valence-electron chi connectivity index (χ0n) is 10.1. The van der Waals surface area contributed by atoms with Crippen LogP contribution in [0, 0.1) is 17.5 Å². The molecule has 0 spiro atoms. The Kier molecular flexibility index (Phi) is 3.93. The summed E-state index contributed by atoms with van der Waals surface area (Å²) in [6, 6.07) is 5.83. The molecule has 0 aliphatic rings. The summed E-state index contributed by atoms with van der Waals surface area (Å²) in [5.74, 6) is -3.68. The number of aromatic carboxylic acids is 1. The van der Waals surface area contributed by atoms with Gasteiger partial charge in [0.25, 0.3) is 0 Å². The molecule has 0 bridgehead atoms. The van der Waals surface area contributed by atoms with E-state index in [1.54, 1.807) is 0 Å². The molecule has 20 heavy (non-hydrogen) atoms. The number of carboxylic acids is 1. The maximum absolute atomic E-state index is 13.0. The molecule has 0 aliphatic carbocycles. The van der Waals surface area contributed by atoms with E-state index in [4.69, 9.17) is 9.84 Å². The van der Waals surface area contributed by atoms with Crippen molar-refractivity contribution < 1.29 is 27.8 Å². The lowest BCUT2D eigenvalue weighted by atomic mass is 10.2. The van der Waals surface area contributed by atoms with Gasteiger partial charge in [0.05, 0.1) is 0 Å². The quantitative estimate of drug-likeness (QED) is 0.935.